The molecule has 1 aromatic heterocycles. The minimum absolute atomic E-state index is 0.232. The van der Waals surface area contributed by atoms with Crippen LogP contribution >= 0.6 is 11.6 Å². The Labute approximate surface area is 185 Å². The van der Waals surface area contributed by atoms with Crippen LogP contribution in [0.15, 0.2) is 67.0 Å². The van der Waals surface area contributed by atoms with E-state index < -0.39 is 4.87 Å². The molecule has 0 fully saturated rings. The fourth-order valence-corrected chi connectivity index (χ4v) is 3.99. The molecule has 6 heteroatoms. The Bertz CT molecular complexity index is 1220. The summed E-state index contributed by atoms with van der Waals surface area (Å²) in [6.07, 6.45) is 5.01. The molecule has 0 bridgehead atoms. The molecule has 5 nitrogen and oxygen atoms in total. The van der Waals surface area contributed by atoms with Crippen molar-refractivity contribution in [3.63, 3.8) is 0 Å². The quantitative estimate of drug-likeness (QED) is 0.373. The molecular weight excluding hydrogens is 412 g/mol. The first-order chi connectivity index (χ1) is 15.0. The van der Waals surface area contributed by atoms with Crippen LogP contribution < -0.4 is 4.90 Å². The normalized spacial score (nSPS) is 20.1. The van der Waals surface area contributed by atoms with E-state index in [1.54, 1.807) is 42.4 Å². The summed E-state index contributed by atoms with van der Waals surface area (Å²) >= 11 is 6.56. The lowest BCUT2D eigenvalue weighted by molar-refractivity contribution is -0.119. The number of ether oxygens (including phenoxy) is 1. The summed E-state index contributed by atoms with van der Waals surface area (Å²) in [6.45, 7) is 5.70. The number of esters is 1. The van der Waals surface area contributed by atoms with Gasteiger partial charge in [0.25, 0.3) is 5.91 Å². The molecule has 0 saturated heterocycles. The largest absolute Gasteiger partial charge is 0.422 e. The molecule has 0 aliphatic carbocycles. The van der Waals surface area contributed by atoms with Crippen molar-refractivity contribution >= 4 is 46.7 Å². The third-order valence-corrected chi connectivity index (χ3v) is 5.54. The van der Waals surface area contributed by atoms with Crippen molar-refractivity contribution in [2.24, 2.45) is 0 Å². The zero-order valence-corrected chi connectivity index (χ0v) is 18.2. The first kappa shape index (κ1) is 20.8. The monoisotopic (exact) mass is 432 g/mol. The van der Waals surface area contributed by atoms with Crippen LogP contribution in [0.25, 0.3) is 11.8 Å². The Balaban J connectivity index is 0.00000112. The van der Waals surface area contributed by atoms with Crippen LogP contribution in [0.3, 0.4) is 0 Å². The van der Waals surface area contributed by atoms with Crippen molar-refractivity contribution in [3.05, 3.63) is 89.2 Å². The number of para-hydroxylation sites is 1. The number of nitrogens with zero attached hydrogens (tertiary/aromatic N) is 2. The predicted molar refractivity (Wildman–Crippen MR) is 122 cm³/mol. The molecule has 1 atom stereocenters. The van der Waals surface area contributed by atoms with E-state index in [1.165, 1.54) is 0 Å². The smallest absolute Gasteiger partial charge is 0.344 e. The number of aromatic nitrogens is 1. The summed E-state index contributed by atoms with van der Waals surface area (Å²) in [5, 5.41) is 0. The Hall–Kier alpha value is -3.44. The topological polar surface area (TPSA) is 59.5 Å². The lowest BCUT2D eigenvalue weighted by Gasteiger charge is -2.19. The number of anilines is 2. The second-order valence-electron chi connectivity index (χ2n) is 7.08. The van der Waals surface area contributed by atoms with Gasteiger partial charge in [-0.15, -0.1) is 11.6 Å². The van der Waals surface area contributed by atoms with Crippen LogP contribution in [0, 0.1) is 0 Å². The number of pyridine rings is 1. The molecule has 0 spiro atoms. The van der Waals surface area contributed by atoms with Gasteiger partial charge in [0.1, 0.15) is 10.6 Å². The predicted octanol–water partition coefficient (Wildman–Crippen LogP) is 5.91. The van der Waals surface area contributed by atoms with Crippen molar-refractivity contribution in [2.75, 3.05) is 4.90 Å². The van der Waals surface area contributed by atoms with Gasteiger partial charge in [-0.25, -0.2) is 4.79 Å². The molecule has 2 aromatic carbocycles. The summed E-state index contributed by atoms with van der Waals surface area (Å²) in [4.78, 5) is 29.8. The van der Waals surface area contributed by atoms with Gasteiger partial charge >= 0.3 is 5.97 Å². The number of rotatable bonds is 2. The summed E-state index contributed by atoms with van der Waals surface area (Å²) in [5.41, 5.74) is 4.06. The summed E-state index contributed by atoms with van der Waals surface area (Å²) in [6, 6.07) is 16.5. The number of carbonyl (C=O) groups is 2. The second-order valence-corrected chi connectivity index (χ2v) is 7.84. The molecule has 2 aliphatic rings. The van der Waals surface area contributed by atoms with Gasteiger partial charge < -0.3 is 4.74 Å². The van der Waals surface area contributed by atoms with Crippen molar-refractivity contribution in [2.45, 2.75) is 25.6 Å². The number of hydrogen-bond donors (Lipinski definition) is 0. The molecule has 156 valence electrons. The number of benzene rings is 2. The second kappa shape index (κ2) is 8.00. The highest BCUT2D eigenvalue weighted by Gasteiger charge is 2.46. The van der Waals surface area contributed by atoms with E-state index in [0.717, 1.165) is 16.8 Å². The molecule has 0 N–H and O–H groups in total. The van der Waals surface area contributed by atoms with Crippen LogP contribution in [-0.4, -0.2) is 16.9 Å². The number of halogens is 1. The highest BCUT2D eigenvalue weighted by molar-refractivity contribution is 6.40. The Kier molecular flexibility index (Phi) is 5.38. The van der Waals surface area contributed by atoms with Gasteiger partial charge in [0.2, 0.25) is 0 Å². The Morgan fingerprint density at radius 3 is 2.45 bits per heavy atom. The van der Waals surface area contributed by atoms with E-state index in [9.17, 15) is 9.59 Å². The van der Waals surface area contributed by atoms with Crippen LogP contribution in [0.5, 0.6) is 0 Å². The lowest BCUT2D eigenvalue weighted by atomic mass is 10.0. The maximum Gasteiger partial charge on any atom is 0.344 e. The first-order valence-corrected chi connectivity index (χ1v) is 10.5. The molecule has 31 heavy (non-hydrogen) atoms. The van der Waals surface area contributed by atoms with Gasteiger partial charge in [-0.3, -0.25) is 14.7 Å². The Morgan fingerprint density at radius 1 is 1.00 bits per heavy atom. The molecular formula is C25H21ClN2O3. The number of hydrogen-bond acceptors (Lipinski definition) is 4. The number of amides is 1. The zero-order valence-electron chi connectivity index (χ0n) is 17.4. The van der Waals surface area contributed by atoms with Gasteiger partial charge in [0.15, 0.2) is 0 Å². The van der Waals surface area contributed by atoms with E-state index in [2.05, 4.69) is 4.98 Å². The standard InChI is InChI=1S/C23H15ClN2O3.C2H6/c1-23(24)18-8-4-5-9-19(18)26(22(23)28)15-10-14(12-25-13-15)11-20-16-6-2-3-7-17(16)21(27)29-20;1-2/h2-13H,1H3;1-2H3/b20-11-;. The molecule has 0 saturated carbocycles. The van der Waals surface area contributed by atoms with Crippen LogP contribution in [0.2, 0.25) is 0 Å². The van der Waals surface area contributed by atoms with Crippen molar-refractivity contribution < 1.29 is 14.3 Å². The first-order valence-electron chi connectivity index (χ1n) is 10.1. The average molecular weight is 433 g/mol. The van der Waals surface area contributed by atoms with Gasteiger partial charge in [0, 0.05) is 17.3 Å². The fourth-order valence-electron chi connectivity index (χ4n) is 3.75. The SMILES string of the molecule is CC.CC1(Cl)C(=O)N(c2cncc(/C=C3\OC(=O)c4ccccc43)c2)c2ccccc21. The van der Waals surface area contributed by atoms with E-state index in [4.69, 9.17) is 16.3 Å². The maximum absolute atomic E-state index is 13.0. The summed E-state index contributed by atoms with van der Waals surface area (Å²) in [5.74, 6) is -0.151. The van der Waals surface area contributed by atoms with Crippen LogP contribution in [0.1, 0.15) is 47.8 Å². The minimum atomic E-state index is -1.13. The van der Waals surface area contributed by atoms with Crippen LogP contribution in [0.4, 0.5) is 11.4 Å². The van der Waals surface area contributed by atoms with E-state index >= 15 is 0 Å². The van der Waals surface area contributed by atoms with E-state index in [-0.39, 0.29) is 11.9 Å². The average Bonchev–Trinajstić information content (AvgIpc) is 3.21. The van der Waals surface area contributed by atoms with Crippen molar-refractivity contribution in [1.82, 2.24) is 4.98 Å². The van der Waals surface area contributed by atoms with Gasteiger partial charge in [-0.2, -0.15) is 0 Å². The van der Waals surface area contributed by atoms with Crippen LogP contribution in [-0.2, 0) is 14.4 Å². The molecule has 1 unspecified atom stereocenters. The molecule has 1 amide bonds. The number of carbonyl (C=O) groups excluding carboxylic acids is 2. The number of fused-ring (bicyclic) bond motifs is 2. The van der Waals surface area contributed by atoms with E-state index in [1.807, 2.05) is 56.3 Å². The highest BCUT2D eigenvalue weighted by Crippen LogP contribution is 2.47. The third kappa shape index (κ3) is 3.41. The van der Waals surface area contributed by atoms with Gasteiger partial charge in [0.05, 0.1) is 23.1 Å². The molecule has 0 radical (unpaired) electrons. The number of cyclic esters (lactones) is 1. The maximum atomic E-state index is 13.0. The molecule has 2 aliphatic heterocycles. The molecule has 5 rings (SSSR count). The lowest BCUT2D eigenvalue weighted by Crippen LogP contribution is -2.31. The summed E-state index contributed by atoms with van der Waals surface area (Å²) < 4.78 is 5.40. The highest BCUT2D eigenvalue weighted by atomic mass is 35.5. The van der Waals surface area contributed by atoms with Gasteiger partial charge in [-0.1, -0.05) is 50.2 Å². The van der Waals surface area contributed by atoms with Crippen molar-refractivity contribution in [1.29, 1.82) is 0 Å². The van der Waals surface area contributed by atoms with Crippen molar-refractivity contribution in [3.8, 4) is 0 Å². The minimum Gasteiger partial charge on any atom is -0.422 e. The zero-order chi connectivity index (χ0) is 22.2. The number of alkyl halides is 1. The Morgan fingerprint density at radius 2 is 1.68 bits per heavy atom. The molecule has 3 heterocycles. The fraction of sp³-hybridized carbons (Fsp3) is 0.160. The summed E-state index contributed by atoms with van der Waals surface area (Å²) in [7, 11) is 0. The van der Waals surface area contributed by atoms with E-state index in [0.29, 0.717) is 22.6 Å². The third-order valence-electron chi connectivity index (χ3n) is 5.17. The van der Waals surface area contributed by atoms with Gasteiger partial charge in [-0.05, 0) is 36.8 Å². The molecule has 3 aromatic rings.